The molecule has 0 saturated heterocycles. The molecule has 8 nitrogen and oxygen atoms in total. The number of esters is 1. The second-order valence-electron chi connectivity index (χ2n) is 3.45. The molecule has 96 valence electrons. The first kappa shape index (κ1) is 12.3. The van der Waals surface area contributed by atoms with Crippen LogP contribution >= 0.6 is 11.5 Å². The molecule has 2 heterocycles. The molecule has 0 fully saturated rings. The molecule has 0 unspecified atom stereocenters. The van der Waals surface area contributed by atoms with E-state index in [-0.39, 0.29) is 11.4 Å². The Bertz CT molecular complexity index is 563. The molecule has 0 radical (unpaired) electrons. The average Bonchev–Trinajstić information content (AvgIpc) is 2.92. The molecule has 2 aromatic heterocycles. The van der Waals surface area contributed by atoms with Crippen molar-refractivity contribution < 1.29 is 9.53 Å². The van der Waals surface area contributed by atoms with Crippen molar-refractivity contribution in [1.29, 1.82) is 0 Å². The summed E-state index contributed by atoms with van der Waals surface area (Å²) in [5.41, 5.74) is 5.86. The number of nitrogen functional groups attached to an aromatic ring is 1. The Balaban J connectivity index is 2.12. The van der Waals surface area contributed by atoms with Gasteiger partial charge in [-0.2, -0.15) is 9.47 Å². The van der Waals surface area contributed by atoms with Gasteiger partial charge in [-0.3, -0.25) is 4.68 Å². The topological polar surface area (TPSA) is 108 Å². The number of methoxy groups -OCH3 is 1. The summed E-state index contributed by atoms with van der Waals surface area (Å²) in [5, 5.41) is 7.67. The van der Waals surface area contributed by atoms with Crippen LogP contribution in [0.2, 0.25) is 0 Å². The van der Waals surface area contributed by atoms with Gasteiger partial charge in [0.1, 0.15) is 16.9 Å². The Morgan fingerprint density at radius 1 is 1.67 bits per heavy atom. The summed E-state index contributed by atoms with van der Waals surface area (Å²) in [5.74, 6) is 0.251. The van der Waals surface area contributed by atoms with Crippen molar-refractivity contribution >= 4 is 28.3 Å². The summed E-state index contributed by atoms with van der Waals surface area (Å²) in [4.78, 5) is 15.6. The third-order valence-electron chi connectivity index (χ3n) is 2.16. The molecule has 2 rings (SSSR count). The number of anilines is 2. The van der Waals surface area contributed by atoms with Crippen molar-refractivity contribution in [2.75, 3.05) is 18.2 Å². The van der Waals surface area contributed by atoms with Gasteiger partial charge in [-0.05, 0) is 11.5 Å². The maximum absolute atomic E-state index is 11.5. The quantitative estimate of drug-likeness (QED) is 0.765. The smallest absolute Gasteiger partial charge is 0.344 e. The van der Waals surface area contributed by atoms with Crippen molar-refractivity contribution in [2.45, 2.75) is 6.54 Å². The second kappa shape index (κ2) is 5.00. The molecule has 0 aromatic carbocycles. The highest BCUT2D eigenvalue weighted by molar-refractivity contribution is 7.11. The van der Waals surface area contributed by atoms with Crippen LogP contribution in [0.5, 0.6) is 0 Å². The van der Waals surface area contributed by atoms with E-state index >= 15 is 0 Å². The van der Waals surface area contributed by atoms with Crippen molar-refractivity contribution in [3.8, 4) is 0 Å². The zero-order chi connectivity index (χ0) is 13.1. The Morgan fingerprint density at radius 3 is 3.06 bits per heavy atom. The monoisotopic (exact) mass is 268 g/mol. The van der Waals surface area contributed by atoms with Crippen LogP contribution in [0.3, 0.4) is 0 Å². The molecule has 0 aliphatic rings. The number of nitrogens with one attached hydrogen (secondary N) is 1. The molecule has 9 heteroatoms. The lowest BCUT2D eigenvalue weighted by Gasteiger charge is -2.03. The normalized spacial score (nSPS) is 10.3. The first-order valence-corrected chi connectivity index (χ1v) is 5.81. The van der Waals surface area contributed by atoms with E-state index in [4.69, 9.17) is 5.73 Å². The van der Waals surface area contributed by atoms with Crippen molar-refractivity contribution in [3.05, 3.63) is 17.7 Å². The summed E-state index contributed by atoms with van der Waals surface area (Å²) in [6, 6.07) is 0. The van der Waals surface area contributed by atoms with Crippen LogP contribution in [-0.2, 0) is 18.3 Å². The van der Waals surface area contributed by atoms with Gasteiger partial charge >= 0.3 is 5.97 Å². The molecule has 0 saturated carbocycles. The fourth-order valence-corrected chi connectivity index (χ4v) is 2.04. The fourth-order valence-electron chi connectivity index (χ4n) is 1.35. The number of ether oxygens (including phenoxy) is 1. The number of rotatable bonds is 4. The third-order valence-corrected chi connectivity index (χ3v) is 2.98. The largest absolute Gasteiger partial charge is 0.465 e. The zero-order valence-corrected chi connectivity index (χ0v) is 10.7. The van der Waals surface area contributed by atoms with Crippen LogP contribution in [0.1, 0.15) is 16.2 Å². The van der Waals surface area contributed by atoms with E-state index in [0.717, 1.165) is 11.5 Å². The van der Waals surface area contributed by atoms with Crippen LogP contribution in [0.25, 0.3) is 0 Å². The number of aryl methyl sites for hydroxylation is 1. The minimum atomic E-state index is -0.516. The van der Waals surface area contributed by atoms with Gasteiger partial charge in [-0.1, -0.05) is 0 Å². The van der Waals surface area contributed by atoms with E-state index in [1.165, 1.54) is 7.11 Å². The molecule has 3 N–H and O–H groups in total. The molecular weight excluding hydrogens is 256 g/mol. The average molecular weight is 268 g/mol. The second-order valence-corrected chi connectivity index (χ2v) is 4.22. The van der Waals surface area contributed by atoms with Gasteiger partial charge in [0.15, 0.2) is 11.6 Å². The van der Waals surface area contributed by atoms with Gasteiger partial charge in [0.05, 0.1) is 13.7 Å². The Kier molecular flexibility index (Phi) is 3.42. The van der Waals surface area contributed by atoms with Crippen molar-refractivity contribution in [1.82, 2.24) is 19.1 Å². The van der Waals surface area contributed by atoms with Gasteiger partial charge < -0.3 is 15.8 Å². The van der Waals surface area contributed by atoms with E-state index in [2.05, 4.69) is 24.5 Å². The molecule has 0 atom stereocenters. The standard InChI is InChI=1S/C9H12N6O2S/c1-15-4-12-5(13-15)3-11-8-6(9(16)17-2)7(10)14-18-8/h4,11H,3H2,1-2H3,(H2,10,14). The van der Waals surface area contributed by atoms with Gasteiger partial charge in [0.2, 0.25) is 0 Å². The summed E-state index contributed by atoms with van der Waals surface area (Å²) in [6.07, 6.45) is 1.60. The van der Waals surface area contributed by atoms with Gasteiger partial charge in [-0.15, -0.1) is 0 Å². The number of carbonyl (C=O) groups is 1. The minimum Gasteiger partial charge on any atom is -0.465 e. The van der Waals surface area contributed by atoms with E-state index < -0.39 is 5.97 Å². The lowest BCUT2D eigenvalue weighted by Crippen LogP contribution is -2.08. The van der Waals surface area contributed by atoms with E-state index in [9.17, 15) is 4.79 Å². The van der Waals surface area contributed by atoms with E-state index in [1.807, 2.05) is 0 Å². The van der Waals surface area contributed by atoms with Crippen LogP contribution < -0.4 is 11.1 Å². The van der Waals surface area contributed by atoms with Crippen molar-refractivity contribution in [3.63, 3.8) is 0 Å². The maximum Gasteiger partial charge on any atom is 0.344 e. The number of hydrogen-bond acceptors (Lipinski definition) is 8. The first-order chi connectivity index (χ1) is 8.61. The predicted octanol–water partition coefficient (Wildman–Crippen LogP) is 0.252. The molecule has 18 heavy (non-hydrogen) atoms. The highest BCUT2D eigenvalue weighted by Crippen LogP contribution is 2.27. The summed E-state index contributed by atoms with van der Waals surface area (Å²) < 4.78 is 10.2. The molecule has 2 aromatic rings. The Morgan fingerprint density at radius 2 is 2.44 bits per heavy atom. The van der Waals surface area contributed by atoms with Gasteiger partial charge in [0, 0.05) is 7.05 Å². The van der Waals surface area contributed by atoms with Crippen LogP contribution in [-0.4, -0.2) is 32.2 Å². The van der Waals surface area contributed by atoms with Crippen LogP contribution in [0.4, 0.5) is 10.8 Å². The highest BCUT2D eigenvalue weighted by atomic mass is 32.1. The molecule has 0 spiro atoms. The van der Waals surface area contributed by atoms with E-state index in [0.29, 0.717) is 17.4 Å². The van der Waals surface area contributed by atoms with Gasteiger partial charge in [0.25, 0.3) is 0 Å². The zero-order valence-electron chi connectivity index (χ0n) is 9.88. The number of carbonyl (C=O) groups excluding carboxylic acids is 1. The van der Waals surface area contributed by atoms with Crippen LogP contribution in [0.15, 0.2) is 6.33 Å². The summed E-state index contributed by atoms with van der Waals surface area (Å²) in [6.45, 7) is 0.381. The maximum atomic E-state index is 11.5. The SMILES string of the molecule is COC(=O)c1c(N)nsc1NCc1ncn(C)n1. The minimum absolute atomic E-state index is 0.156. The summed E-state index contributed by atoms with van der Waals surface area (Å²) >= 11 is 1.10. The molecule has 0 amide bonds. The third kappa shape index (κ3) is 2.40. The summed E-state index contributed by atoms with van der Waals surface area (Å²) in [7, 11) is 3.07. The molecule has 0 aliphatic carbocycles. The number of hydrogen-bond donors (Lipinski definition) is 2. The highest BCUT2D eigenvalue weighted by Gasteiger charge is 2.19. The Labute approximate surface area is 107 Å². The van der Waals surface area contributed by atoms with Crippen LogP contribution in [0, 0.1) is 0 Å². The number of aromatic nitrogens is 4. The molecule has 0 aliphatic heterocycles. The lowest BCUT2D eigenvalue weighted by molar-refractivity contribution is 0.0603. The Hall–Kier alpha value is -2.16. The number of nitrogens with two attached hydrogens (primary N) is 1. The fraction of sp³-hybridized carbons (Fsp3) is 0.333. The first-order valence-electron chi connectivity index (χ1n) is 5.03. The van der Waals surface area contributed by atoms with E-state index in [1.54, 1.807) is 18.1 Å². The molecule has 0 bridgehead atoms. The number of nitrogens with zero attached hydrogens (tertiary/aromatic N) is 4. The van der Waals surface area contributed by atoms with Gasteiger partial charge in [-0.25, -0.2) is 9.78 Å². The predicted molar refractivity (Wildman–Crippen MR) is 66.2 cm³/mol. The van der Waals surface area contributed by atoms with Crippen molar-refractivity contribution in [2.24, 2.45) is 7.05 Å². The molecular formula is C9H12N6O2S. The lowest BCUT2D eigenvalue weighted by atomic mass is 10.3.